The van der Waals surface area contributed by atoms with Crippen molar-refractivity contribution < 1.29 is 83.0 Å². The van der Waals surface area contributed by atoms with Crippen LogP contribution in [0.15, 0.2) is 195 Å². The van der Waals surface area contributed by atoms with Gasteiger partial charge in [0.15, 0.2) is 0 Å². The number of hydrogen-bond donors (Lipinski definition) is 0. The molecule has 0 aliphatic heterocycles. The van der Waals surface area contributed by atoms with Crippen LogP contribution in [0, 0.1) is 48.9 Å². The molecule has 12 rings (SSSR count). The number of benzene rings is 4. The zero-order valence-electron chi connectivity index (χ0n) is 43.0. The normalized spacial score (nSPS) is 16.4. The minimum Gasteiger partial charge on any atom is -0.488 e. The minimum absolute atomic E-state index is 0. The van der Waals surface area contributed by atoms with Gasteiger partial charge in [0.2, 0.25) is 0 Å². The van der Waals surface area contributed by atoms with Crippen molar-refractivity contribution in [1.82, 2.24) is 19.9 Å². The number of allylic oxidation sites excluding steroid dienone is 8. The second-order valence-electron chi connectivity index (χ2n) is 18.3. The summed E-state index contributed by atoms with van der Waals surface area (Å²) < 4.78 is 91.4. The van der Waals surface area contributed by atoms with Gasteiger partial charge in [-0.05, 0) is 155 Å². The van der Waals surface area contributed by atoms with E-state index in [1.165, 1.54) is 19.8 Å². The SMILES string of the molecule is C1=CC2C=CC1C2.C1=CC2C=CC1C2.CC#N.Cc1ccnc(-c2cc(COc3ccc4ccccc4c3-c3c(OCc4ccnc(-c5cc(C)ccn5)c4)ccc4ccccc34)ccn2)c1.F[B-](F)(F)F.F[B-](F)(F)F.[Rh].[Rh]. The third-order valence-corrected chi connectivity index (χ3v) is 12.3. The van der Waals surface area contributed by atoms with Crippen LogP contribution in [0.4, 0.5) is 34.5 Å². The topological polar surface area (TPSA) is 93.8 Å². The first kappa shape index (κ1) is 62.7. The number of aromatic nitrogens is 4. The van der Waals surface area contributed by atoms with Gasteiger partial charge in [-0.3, -0.25) is 19.9 Å². The summed E-state index contributed by atoms with van der Waals surface area (Å²) in [5, 5.41) is 11.7. The summed E-state index contributed by atoms with van der Waals surface area (Å²) in [6.45, 7) is 6.27. The molecule has 8 aromatic rings. The Balaban J connectivity index is 0.000000321. The molecule has 0 saturated carbocycles. The van der Waals surface area contributed by atoms with Crippen LogP contribution in [0.5, 0.6) is 11.5 Å². The van der Waals surface area contributed by atoms with Gasteiger partial charge in [-0.2, -0.15) is 5.26 Å². The molecule has 0 amide bonds. The van der Waals surface area contributed by atoms with Crippen LogP contribution in [-0.2, 0) is 52.2 Å². The average Bonchev–Trinajstić information content (AvgIpc) is 4.44. The molecular weight excluding hydrogens is 1200 g/mol. The Labute approximate surface area is 480 Å². The summed E-state index contributed by atoms with van der Waals surface area (Å²) in [5.74, 6) is 4.78. The maximum absolute atomic E-state index is 9.75. The molecule has 4 aliphatic rings. The Morgan fingerprint density at radius 3 is 1.04 bits per heavy atom. The first-order valence-corrected chi connectivity index (χ1v) is 24.7. The van der Waals surface area contributed by atoms with Crippen molar-refractivity contribution in [2.45, 2.75) is 46.8 Å². The maximum atomic E-state index is 9.75. The monoisotopic (exact) mass is 1260 g/mol. The number of hydrogen-bond acceptors (Lipinski definition) is 7. The van der Waals surface area contributed by atoms with E-state index in [9.17, 15) is 34.5 Å². The smallest absolute Gasteiger partial charge is 0.488 e. The molecule has 4 aromatic heterocycles. The summed E-state index contributed by atoms with van der Waals surface area (Å²) in [6.07, 6.45) is 28.4. The van der Waals surface area contributed by atoms with Crippen molar-refractivity contribution in [2.75, 3.05) is 0 Å². The molecule has 4 aromatic carbocycles. The maximum Gasteiger partial charge on any atom is 0.673 e. The van der Waals surface area contributed by atoms with E-state index < -0.39 is 14.5 Å². The molecule has 0 saturated heterocycles. The van der Waals surface area contributed by atoms with Gasteiger partial charge in [-0.1, -0.05) is 109 Å². The van der Waals surface area contributed by atoms with Crippen molar-refractivity contribution in [1.29, 1.82) is 5.26 Å². The molecule has 4 bridgehead atoms. The second-order valence-corrected chi connectivity index (χ2v) is 18.3. The number of nitrogens with zero attached hydrogens (tertiary/aromatic N) is 5. The first-order valence-electron chi connectivity index (χ1n) is 24.7. The van der Waals surface area contributed by atoms with Crippen molar-refractivity contribution >= 4 is 36.1 Å². The van der Waals surface area contributed by atoms with E-state index in [1.54, 1.807) is 6.07 Å². The van der Waals surface area contributed by atoms with E-state index in [0.717, 1.165) is 113 Å². The Kier molecular flexibility index (Phi) is 23.6. The van der Waals surface area contributed by atoms with Crippen LogP contribution in [0.3, 0.4) is 0 Å². The Morgan fingerprint density at radius 2 is 0.747 bits per heavy atom. The van der Waals surface area contributed by atoms with Gasteiger partial charge in [0.05, 0.1) is 28.8 Å². The number of ether oxygens (including phenoxy) is 2. The van der Waals surface area contributed by atoms with Gasteiger partial charge in [-0.25, -0.2) is 0 Å². The molecule has 412 valence electrons. The van der Waals surface area contributed by atoms with Crippen LogP contribution >= 0.6 is 0 Å². The molecule has 79 heavy (non-hydrogen) atoms. The molecular formula is C60H53B2F8N5O2Rh2-2. The van der Waals surface area contributed by atoms with Crippen LogP contribution in [0.1, 0.15) is 42.0 Å². The van der Waals surface area contributed by atoms with E-state index in [2.05, 4.69) is 155 Å². The van der Waals surface area contributed by atoms with Gasteiger partial charge >= 0.3 is 14.5 Å². The predicted molar refractivity (Wildman–Crippen MR) is 291 cm³/mol. The molecule has 0 atom stereocenters. The number of fused-ring (bicyclic) bond motifs is 6. The zero-order chi connectivity index (χ0) is 55.0. The average molecular weight is 1260 g/mol. The summed E-state index contributed by atoms with van der Waals surface area (Å²) in [4.78, 5) is 18.2. The number of nitriles is 1. The summed E-state index contributed by atoms with van der Waals surface area (Å²) >= 11 is 0. The standard InChI is InChI=1S/C44H34N4O2.2C7H8.C2H3N.2BF4.2Rh/c1-29-15-19-45-37(23-29)39-25-31(17-21-47-39)27-49-41-13-11-33-7-3-5-9-35(33)43(41)44-36-10-6-4-8-34(36)12-14-42(44)50-28-32-18-22-48-40(26-32)38-24-30(2)16-20-46-38;2*1-2-7-4-3-6(1)5-7;1-2-3;2*2-1(3,4)5;;/h3-26H,27-28H2,1-2H3;2*1-4,6-7H,5H2;1H3;;;;/q;;;;2*-1;;. The van der Waals surface area contributed by atoms with Crippen LogP contribution < -0.4 is 9.47 Å². The van der Waals surface area contributed by atoms with Gasteiger partial charge < -0.3 is 44.0 Å². The fourth-order valence-electron chi connectivity index (χ4n) is 9.00. The molecule has 0 N–H and O–H groups in total. The fraction of sp³-hybridized carbons (Fsp3) is 0.183. The molecule has 0 fully saturated rings. The largest absolute Gasteiger partial charge is 0.673 e. The second kappa shape index (κ2) is 29.7. The first-order chi connectivity index (χ1) is 36.9. The van der Waals surface area contributed by atoms with E-state index in [4.69, 9.17) is 14.7 Å². The fourth-order valence-corrected chi connectivity index (χ4v) is 9.00. The molecule has 2 radical (unpaired) electrons. The quantitative estimate of drug-likeness (QED) is 0.0807. The Hall–Kier alpha value is -7.13. The van der Waals surface area contributed by atoms with Crippen molar-refractivity contribution in [3.63, 3.8) is 0 Å². The van der Waals surface area contributed by atoms with Gasteiger partial charge in [0.1, 0.15) is 24.7 Å². The molecule has 4 heterocycles. The Morgan fingerprint density at radius 1 is 0.456 bits per heavy atom. The Bertz CT molecular complexity index is 3180. The number of aryl methyl sites for hydroxylation is 2. The third-order valence-electron chi connectivity index (χ3n) is 12.3. The van der Waals surface area contributed by atoms with E-state index in [0.29, 0.717) is 13.2 Å². The number of pyridine rings is 4. The third kappa shape index (κ3) is 19.6. The van der Waals surface area contributed by atoms with E-state index in [-0.39, 0.29) is 39.0 Å². The van der Waals surface area contributed by atoms with Gasteiger partial charge in [-0.15, -0.1) is 0 Å². The molecule has 0 spiro atoms. The molecule has 19 heteroatoms. The predicted octanol–water partition coefficient (Wildman–Crippen LogP) is 17.0. The molecule has 0 unspecified atom stereocenters. The van der Waals surface area contributed by atoms with Crippen LogP contribution in [0.2, 0.25) is 0 Å². The van der Waals surface area contributed by atoms with Crippen molar-refractivity contribution in [3.8, 4) is 51.5 Å². The summed E-state index contributed by atoms with van der Waals surface area (Å²) in [5.41, 5.74) is 9.57. The van der Waals surface area contributed by atoms with Crippen molar-refractivity contribution in [2.24, 2.45) is 23.7 Å². The molecule has 4 aliphatic carbocycles. The van der Waals surface area contributed by atoms with Crippen molar-refractivity contribution in [3.05, 3.63) is 217 Å². The van der Waals surface area contributed by atoms with Gasteiger partial charge in [0, 0.05) is 81.8 Å². The zero-order valence-corrected chi connectivity index (χ0v) is 46.3. The minimum atomic E-state index is -6.00. The number of rotatable bonds is 9. The van der Waals surface area contributed by atoms with E-state index >= 15 is 0 Å². The van der Waals surface area contributed by atoms with E-state index in [1.807, 2.05) is 73.3 Å². The van der Waals surface area contributed by atoms with Crippen LogP contribution in [-0.4, -0.2) is 34.4 Å². The molecule has 7 nitrogen and oxygen atoms in total. The summed E-state index contributed by atoms with van der Waals surface area (Å²) in [6, 6.07) is 43.1. The summed E-state index contributed by atoms with van der Waals surface area (Å²) in [7, 11) is -12.0. The van der Waals surface area contributed by atoms with Gasteiger partial charge in [0.25, 0.3) is 0 Å². The number of halogens is 8. The van der Waals surface area contributed by atoms with Crippen LogP contribution in [0.25, 0.3) is 55.4 Å².